The molecule has 3 fully saturated rings. The quantitative estimate of drug-likeness (QED) is 0.542. The van der Waals surface area contributed by atoms with Gasteiger partial charge in [-0.1, -0.05) is 35.5 Å². The Labute approximate surface area is 194 Å². The van der Waals surface area contributed by atoms with Crippen LogP contribution in [0.3, 0.4) is 0 Å². The van der Waals surface area contributed by atoms with Crippen LogP contribution in [0.15, 0.2) is 59.3 Å². The Balaban J connectivity index is 1.12. The van der Waals surface area contributed by atoms with Crippen molar-refractivity contribution in [3.63, 3.8) is 0 Å². The second-order valence-electron chi connectivity index (χ2n) is 9.43. The van der Waals surface area contributed by atoms with Gasteiger partial charge in [-0.25, -0.2) is 0 Å². The first-order chi connectivity index (χ1) is 16.1. The molecule has 0 aliphatic carbocycles. The van der Waals surface area contributed by atoms with E-state index in [1.54, 1.807) is 6.26 Å². The molecule has 0 radical (unpaired) electrons. The van der Waals surface area contributed by atoms with Crippen LogP contribution in [0.2, 0.25) is 0 Å². The fourth-order valence-electron chi connectivity index (χ4n) is 5.29. The minimum atomic E-state index is 0.0582. The van der Waals surface area contributed by atoms with Crippen LogP contribution in [-0.4, -0.2) is 56.9 Å². The molecule has 3 aliphatic rings. The third-order valence-electron chi connectivity index (χ3n) is 6.94. The third-order valence-corrected chi connectivity index (χ3v) is 6.94. The maximum absolute atomic E-state index is 12.8. The maximum atomic E-state index is 12.8. The summed E-state index contributed by atoms with van der Waals surface area (Å²) in [5.74, 6) is 1.42. The van der Waals surface area contributed by atoms with Gasteiger partial charge in [0.25, 0.3) is 0 Å². The van der Waals surface area contributed by atoms with Gasteiger partial charge in [-0.3, -0.25) is 19.3 Å². The molecule has 6 rings (SSSR count). The van der Waals surface area contributed by atoms with E-state index in [0.29, 0.717) is 18.5 Å². The van der Waals surface area contributed by atoms with Gasteiger partial charge < -0.3 is 9.73 Å². The maximum Gasteiger partial charge on any atom is 0.225 e. The number of carbonyl (C=O) groups is 1. The summed E-state index contributed by atoms with van der Waals surface area (Å²) in [6.07, 6.45) is 5.82. The molecule has 1 amide bonds. The van der Waals surface area contributed by atoms with Crippen molar-refractivity contribution in [3.8, 4) is 0 Å². The highest BCUT2D eigenvalue weighted by Gasteiger charge is 2.43. The van der Waals surface area contributed by atoms with Crippen molar-refractivity contribution >= 4 is 5.91 Å². The zero-order valence-corrected chi connectivity index (χ0v) is 19.1. The molecule has 33 heavy (non-hydrogen) atoms. The molecule has 3 aliphatic heterocycles. The van der Waals surface area contributed by atoms with Gasteiger partial charge in [0.15, 0.2) is 0 Å². The first-order valence-corrected chi connectivity index (χ1v) is 11.8. The van der Waals surface area contributed by atoms with Gasteiger partial charge in [0.05, 0.1) is 31.0 Å². The molecule has 8 nitrogen and oxygen atoms in total. The lowest BCUT2D eigenvalue weighted by Gasteiger charge is -2.49. The van der Waals surface area contributed by atoms with E-state index in [1.807, 2.05) is 22.9 Å². The first kappa shape index (κ1) is 21.9. The molecule has 1 N–H and O–H groups in total. The number of benzene rings is 1. The Hall–Kier alpha value is -2.97. The van der Waals surface area contributed by atoms with Gasteiger partial charge in [-0.2, -0.15) is 0 Å². The standard InChI is InChI=1S/C25H32N6O2/c1-29(14-19-6-3-2-4-7-19)15-21-16-31(28-27-21)17-22-12-20-9-10-30(22)18-24(20)25(32)26-13-23-8-5-11-33-23/h2-8,11,16,20,22,24H,9-10,12-15,17-18H2,1H3,(H,26,32)/t20-,22+,24-/m0/s1. The molecule has 5 heterocycles. The van der Waals surface area contributed by atoms with Crippen LogP contribution in [0.5, 0.6) is 0 Å². The molecule has 2 bridgehead atoms. The number of furan rings is 1. The number of nitrogens with one attached hydrogen (secondary N) is 1. The van der Waals surface area contributed by atoms with Crippen molar-refractivity contribution < 1.29 is 9.21 Å². The molecule has 4 atom stereocenters. The lowest BCUT2D eigenvalue weighted by atomic mass is 9.75. The van der Waals surface area contributed by atoms with Crippen LogP contribution in [0.1, 0.15) is 29.9 Å². The van der Waals surface area contributed by atoms with Crippen molar-refractivity contribution in [2.75, 3.05) is 20.1 Å². The van der Waals surface area contributed by atoms with Gasteiger partial charge >= 0.3 is 0 Å². The molecule has 1 aromatic carbocycles. The van der Waals surface area contributed by atoms with E-state index in [2.05, 4.69) is 62.9 Å². The fourth-order valence-corrected chi connectivity index (χ4v) is 5.29. The molecule has 1 unspecified atom stereocenters. The molecular formula is C25H32N6O2. The van der Waals surface area contributed by atoms with Gasteiger partial charge in [0.1, 0.15) is 5.76 Å². The second-order valence-corrected chi connectivity index (χ2v) is 9.43. The van der Waals surface area contributed by atoms with E-state index < -0.39 is 0 Å². The Morgan fingerprint density at radius 3 is 2.85 bits per heavy atom. The zero-order valence-electron chi connectivity index (χ0n) is 19.1. The van der Waals surface area contributed by atoms with Crippen molar-refractivity contribution in [1.82, 2.24) is 30.1 Å². The lowest BCUT2D eigenvalue weighted by molar-refractivity contribution is -0.133. The van der Waals surface area contributed by atoms with Crippen LogP contribution in [-0.2, 0) is 31.0 Å². The number of carbonyl (C=O) groups excluding carboxylic acids is 1. The molecule has 8 heteroatoms. The minimum absolute atomic E-state index is 0.0582. The highest BCUT2D eigenvalue weighted by Crippen LogP contribution is 2.37. The Morgan fingerprint density at radius 2 is 2.09 bits per heavy atom. The molecule has 0 saturated carbocycles. The smallest absolute Gasteiger partial charge is 0.225 e. The highest BCUT2D eigenvalue weighted by molar-refractivity contribution is 5.79. The number of nitrogens with zero attached hydrogens (tertiary/aromatic N) is 5. The molecule has 3 saturated heterocycles. The van der Waals surface area contributed by atoms with E-state index in [4.69, 9.17) is 4.42 Å². The fraction of sp³-hybridized carbons (Fsp3) is 0.480. The minimum Gasteiger partial charge on any atom is -0.467 e. The third kappa shape index (κ3) is 5.34. The van der Waals surface area contributed by atoms with Crippen molar-refractivity contribution in [2.45, 2.75) is 45.1 Å². The number of rotatable bonds is 9. The Bertz CT molecular complexity index is 1030. The summed E-state index contributed by atoms with van der Waals surface area (Å²) in [4.78, 5) is 17.5. The molecule has 0 spiro atoms. The number of amides is 1. The molecule has 174 valence electrons. The van der Waals surface area contributed by atoms with E-state index >= 15 is 0 Å². The largest absolute Gasteiger partial charge is 0.467 e. The predicted molar refractivity (Wildman–Crippen MR) is 124 cm³/mol. The summed E-state index contributed by atoms with van der Waals surface area (Å²) >= 11 is 0. The highest BCUT2D eigenvalue weighted by atomic mass is 16.3. The van der Waals surface area contributed by atoms with Crippen LogP contribution < -0.4 is 5.32 Å². The van der Waals surface area contributed by atoms with Gasteiger partial charge in [0.2, 0.25) is 5.91 Å². The topological polar surface area (TPSA) is 79.4 Å². The van der Waals surface area contributed by atoms with Crippen LogP contribution in [0.25, 0.3) is 0 Å². The van der Waals surface area contributed by atoms with Crippen LogP contribution >= 0.6 is 0 Å². The summed E-state index contributed by atoms with van der Waals surface area (Å²) < 4.78 is 7.30. The van der Waals surface area contributed by atoms with Crippen molar-refractivity contribution in [2.24, 2.45) is 11.8 Å². The summed E-state index contributed by atoms with van der Waals surface area (Å²) in [5, 5.41) is 11.8. The van der Waals surface area contributed by atoms with E-state index in [9.17, 15) is 4.79 Å². The van der Waals surface area contributed by atoms with Crippen molar-refractivity contribution in [1.29, 1.82) is 0 Å². The summed E-state index contributed by atoms with van der Waals surface area (Å²) in [6, 6.07) is 14.6. The second kappa shape index (κ2) is 9.89. The normalized spacial score (nSPS) is 24.3. The van der Waals surface area contributed by atoms with Gasteiger partial charge in [-0.05, 0) is 50.0 Å². The van der Waals surface area contributed by atoms with Crippen LogP contribution in [0, 0.1) is 11.8 Å². The van der Waals surface area contributed by atoms with Gasteiger partial charge in [-0.15, -0.1) is 5.10 Å². The molecule has 2 aromatic heterocycles. The number of hydrogen-bond acceptors (Lipinski definition) is 6. The SMILES string of the molecule is CN(Cc1ccccc1)Cc1cn(C[C@H]2C[C@@H]3CCN2C[C@@H]3C(=O)NCc2ccco2)nn1. The monoisotopic (exact) mass is 448 g/mol. The Morgan fingerprint density at radius 1 is 1.21 bits per heavy atom. The average Bonchev–Trinajstić information content (AvgIpc) is 3.51. The summed E-state index contributed by atoms with van der Waals surface area (Å²) in [5.41, 5.74) is 2.28. The average molecular weight is 449 g/mol. The summed E-state index contributed by atoms with van der Waals surface area (Å²) in [6.45, 7) is 4.81. The van der Waals surface area contributed by atoms with Crippen LogP contribution in [0.4, 0.5) is 0 Å². The number of aromatic nitrogens is 3. The molecule has 3 aromatic rings. The Kier molecular flexibility index (Phi) is 6.55. The number of fused-ring (bicyclic) bond motifs is 3. The number of piperidine rings is 3. The molecular weight excluding hydrogens is 416 g/mol. The van der Waals surface area contributed by atoms with E-state index in [-0.39, 0.29) is 11.8 Å². The first-order valence-electron chi connectivity index (χ1n) is 11.8. The lowest BCUT2D eigenvalue weighted by Crippen LogP contribution is -2.57. The summed E-state index contributed by atoms with van der Waals surface area (Å²) in [7, 11) is 2.11. The zero-order chi connectivity index (χ0) is 22.6. The van der Waals surface area contributed by atoms with Crippen molar-refractivity contribution in [3.05, 3.63) is 71.9 Å². The number of hydrogen-bond donors (Lipinski definition) is 1. The van der Waals surface area contributed by atoms with Gasteiger partial charge in [0, 0.05) is 31.9 Å². The predicted octanol–water partition coefficient (Wildman–Crippen LogP) is 2.53. The van der Waals surface area contributed by atoms with E-state index in [0.717, 1.165) is 57.0 Å². The van der Waals surface area contributed by atoms with E-state index in [1.165, 1.54) is 5.56 Å².